The van der Waals surface area contributed by atoms with E-state index < -0.39 is 0 Å². The number of unbranched alkanes of at least 4 members (excludes halogenated alkanes) is 4. The van der Waals surface area contributed by atoms with Crippen molar-refractivity contribution >= 4 is 10.8 Å². The molecular formula is C26H38. The Morgan fingerprint density at radius 1 is 0.731 bits per heavy atom. The zero-order valence-corrected chi connectivity index (χ0v) is 17.1. The number of rotatable bonds is 9. The Kier molecular flexibility index (Phi) is 7.59. The second-order valence-corrected chi connectivity index (χ2v) is 8.61. The smallest absolute Gasteiger partial charge is 0.0162 e. The van der Waals surface area contributed by atoms with Crippen LogP contribution in [0.3, 0.4) is 0 Å². The first-order valence-corrected chi connectivity index (χ1v) is 11.3. The van der Waals surface area contributed by atoms with Crippen LogP contribution in [0, 0.1) is 5.92 Å². The topological polar surface area (TPSA) is 0 Å². The fourth-order valence-corrected chi connectivity index (χ4v) is 4.77. The van der Waals surface area contributed by atoms with Gasteiger partial charge in [-0.15, -0.1) is 0 Å². The minimum Gasteiger partial charge on any atom is -0.0654 e. The summed E-state index contributed by atoms with van der Waals surface area (Å²) in [6, 6.07) is 14.4. The first-order valence-electron chi connectivity index (χ1n) is 11.3. The van der Waals surface area contributed by atoms with Crippen molar-refractivity contribution in [2.45, 2.75) is 96.8 Å². The highest BCUT2D eigenvalue weighted by Gasteiger charge is 2.22. The molecule has 0 heterocycles. The molecule has 0 saturated heterocycles. The normalized spacial score (nSPS) is 20.5. The zero-order chi connectivity index (χ0) is 18.2. The lowest BCUT2D eigenvalue weighted by Crippen LogP contribution is -2.13. The van der Waals surface area contributed by atoms with Gasteiger partial charge >= 0.3 is 0 Å². The fraction of sp³-hybridized carbons (Fsp3) is 0.615. The summed E-state index contributed by atoms with van der Waals surface area (Å²) in [5.74, 6) is 1.80. The molecule has 0 amide bonds. The Hall–Kier alpha value is -1.30. The van der Waals surface area contributed by atoms with E-state index in [1.165, 1.54) is 93.4 Å². The highest BCUT2D eigenvalue weighted by molar-refractivity contribution is 5.84. The van der Waals surface area contributed by atoms with Gasteiger partial charge in [0.25, 0.3) is 0 Å². The lowest BCUT2D eigenvalue weighted by molar-refractivity contribution is 0.303. The number of benzene rings is 2. The third-order valence-electron chi connectivity index (χ3n) is 6.53. The van der Waals surface area contributed by atoms with Gasteiger partial charge in [0.2, 0.25) is 0 Å². The van der Waals surface area contributed by atoms with Crippen LogP contribution in [0.5, 0.6) is 0 Å². The van der Waals surface area contributed by atoms with Gasteiger partial charge in [-0.05, 0) is 72.3 Å². The molecule has 1 aliphatic carbocycles. The van der Waals surface area contributed by atoms with E-state index in [4.69, 9.17) is 0 Å². The van der Waals surface area contributed by atoms with Crippen molar-refractivity contribution in [3.8, 4) is 0 Å². The molecule has 1 saturated carbocycles. The molecule has 0 nitrogen and oxygen atoms in total. The van der Waals surface area contributed by atoms with E-state index in [2.05, 4.69) is 50.2 Å². The van der Waals surface area contributed by atoms with Crippen molar-refractivity contribution in [2.24, 2.45) is 5.92 Å². The van der Waals surface area contributed by atoms with Crippen LogP contribution in [-0.2, 0) is 6.42 Å². The molecule has 0 heteroatoms. The Balaban J connectivity index is 1.58. The minimum atomic E-state index is 0.797. The van der Waals surface area contributed by atoms with Gasteiger partial charge in [0.05, 0.1) is 0 Å². The third kappa shape index (κ3) is 5.35. The van der Waals surface area contributed by atoms with E-state index in [1.54, 1.807) is 5.56 Å². The van der Waals surface area contributed by atoms with Crippen molar-refractivity contribution < 1.29 is 0 Å². The van der Waals surface area contributed by atoms with Crippen LogP contribution in [0.4, 0.5) is 0 Å². The summed E-state index contributed by atoms with van der Waals surface area (Å²) in [5, 5.41) is 2.86. The summed E-state index contributed by atoms with van der Waals surface area (Å²) in [5.41, 5.74) is 3.09. The maximum Gasteiger partial charge on any atom is -0.0162 e. The van der Waals surface area contributed by atoms with Gasteiger partial charge in [-0.2, -0.15) is 0 Å². The van der Waals surface area contributed by atoms with Crippen molar-refractivity contribution in [3.05, 3.63) is 47.5 Å². The molecule has 26 heavy (non-hydrogen) atoms. The van der Waals surface area contributed by atoms with Crippen molar-refractivity contribution in [2.75, 3.05) is 0 Å². The molecule has 0 bridgehead atoms. The molecule has 1 fully saturated rings. The summed E-state index contributed by atoms with van der Waals surface area (Å²) in [7, 11) is 0. The van der Waals surface area contributed by atoms with Gasteiger partial charge < -0.3 is 0 Å². The summed E-state index contributed by atoms with van der Waals surface area (Å²) in [4.78, 5) is 0. The first kappa shape index (κ1) is 19.5. The first-order chi connectivity index (χ1) is 12.8. The van der Waals surface area contributed by atoms with Crippen molar-refractivity contribution in [3.63, 3.8) is 0 Å². The summed E-state index contributed by atoms with van der Waals surface area (Å²) >= 11 is 0. The molecule has 0 aliphatic heterocycles. The van der Waals surface area contributed by atoms with E-state index in [9.17, 15) is 0 Å². The van der Waals surface area contributed by atoms with Crippen LogP contribution in [-0.4, -0.2) is 0 Å². The molecule has 0 radical (unpaired) electrons. The summed E-state index contributed by atoms with van der Waals surface area (Å²) in [6.45, 7) is 4.59. The molecule has 0 aromatic heterocycles. The average Bonchev–Trinajstić information content (AvgIpc) is 2.68. The van der Waals surface area contributed by atoms with E-state index in [0.717, 1.165) is 11.8 Å². The monoisotopic (exact) mass is 350 g/mol. The second-order valence-electron chi connectivity index (χ2n) is 8.61. The summed E-state index contributed by atoms with van der Waals surface area (Å²) in [6.07, 6.45) is 16.6. The molecule has 0 N–H and O–H groups in total. The van der Waals surface area contributed by atoms with Crippen molar-refractivity contribution in [1.29, 1.82) is 0 Å². The lowest BCUT2D eigenvalue weighted by atomic mass is 9.77. The highest BCUT2D eigenvalue weighted by atomic mass is 14.3. The molecule has 0 atom stereocenters. The summed E-state index contributed by atoms with van der Waals surface area (Å²) < 4.78 is 0. The van der Waals surface area contributed by atoms with E-state index in [0.29, 0.717) is 0 Å². The van der Waals surface area contributed by atoms with E-state index in [1.807, 2.05) is 0 Å². The molecule has 142 valence electrons. The Bertz CT molecular complexity index is 661. The molecule has 0 unspecified atom stereocenters. The number of hydrogen-bond donors (Lipinski definition) is 0. The fourth-order valence-electron chi connectivity index (χ4n) is 4.77. The van der Waals surface area contributed by atoms with Crippen LogP contribution in [0.1, 0.15) is 102 Å². The quantitative estimate of drug-likeness (QED) is 0.398. The SMILES string of the molecule is CCCCCc1ccc2cc([C@H]3CC[C@H](CCCCC)CC3)ccc2c1. The van der Waals surface area contributed by atoms with Gasteiger partial charge in [0.15, 0.2) is 0 Å². The maximum absolute atomic E-state index is 2.48. The van der Waals surface area contributed by atoms with E-state index in [-0.39, 0.29) is 0 Å². The molecular weight excluding hydrogens is 312 g/mol. The Morgan fingerprint density at radius 2 is 1.42 bits per heavy atom. The molecule has 3 rings (SSSR count). The highest BCUT2D eigenvalue weighted by Crippen LogP contribution is 2.38. The van der Waals surface area contributed by atoms with Gasteiger partial charge in [-0.1, -0.05) is 88.8 Å². The van der Waals surface area contributed by atoms with Crippen LogP contribution in [0.2, 0.25) is 0 Å². The number of aryl methyl sites for hydroxylation is 1. The van der Waals surface area contributed by atoms with Gasteiger partial charge in [0, 0.05) is 0 Å². The van der Waals surface area contributed by atoms with Crippen molar-refractivity contribution in [1.82, 2.24) is 0 Å². The molecule has 1 aliphatic rings. The zero-order valence-electron chi connectivity index (χ0n) is 17.1. The van der Waals surface area contributed by atoms with E-state index >= 15 is 0 Å². The molecule has 0 spiro atoms. The Labute approximate surface area is 161 Å². The third-order valence-corrected chi connectivity index (χ3v) is 6.53. The van der Waals surface area contributed by atoms with Crippen LogP contribution in [0.15, 0.2) is 36.4 Å². The molecule has 2 aromatic carbocycles. The van der Waals surface area contributed by atoms with Crippen LogP contribution < -0.4 is 0 Å². The molecule has 2 aromatic rings. The second kappa shape index (κ2) is 10.1. The minimum absolute atomic E-state index is 0.797. The predicted molar refractivity (Wildman–Crippen MR) is 116 cm³/mol. The van der Waals surface area contributed by atoms with Gasteiger partial charge in [-0.3, -0.25) is 0 Å². The average molecular weight is 351 g/mol. The van der Waals surface area contributed by atoms with Gasteiger partial charge in [-0.25, -0.2) is 0 Å². The number of fused-ring (bicyclic) bond motifs is 1. The van der Waals surface area contributed by atoms with Crippen LogP contribution >= 0.6 is 0 Å². The van der Waals surface area contributed by atoms with Crippen LogP contribution in [0.25, 0.3) is 10.8 Å². The standard InChI is InChI=1S/C26H38/c1-3-5-7-9-21-11-14-23(15-12-21)25-18-17-24-19-22(10-8-6-4-2)13-16-26(24)20-25/h13,16-21,23H,3-12,14-15H2,1-2H3/t21-,23-. The maximum atomic E-state index is 2.48. The lowest BCUT2D eigenvalue weighted by Gasteiger charge is -2.29. The predicted octanol–water partition coefficient (Wildman–Crippen LogP) is 8.43. The Morgan fingerprint density at radius 3 is 2.19 bits per heavy atom. The largest absolute Gasteiger partial charge is 0.0654 e. The van der Waals surface area contributed by atoms with Gasteiger partial charge in [0.1, 0.15) is 0 Å². The number of hydrogen-bond acceptors (Lipinski definition) is 0.